The number of nitrogens with one attached hydrogen (secondary N) is 1. The molecule has 2 amide bonds. The van der Waals surface area contributed by atoms with Crippen LogP contribution in [-0.2, 0) is 16.0 Å². The van der Waals surface area contributed by atoms with Gasteiger partial charge in [0.25, 0.3) is 0 Å². The fourth-order valence-electron chi connectivity index (χ4n) is 3.19. The molecular weight excluding hydrogens is 792 g/mol. The lowest BCUT2D eigenvalue weighted by molar-refractivity contribution is -0.129. The number of methoxy groups -OCH3 is 1. The minimum absolute atomic E-state index is 0.130. The lowest BCUT2D eigenvalue weighted by Crippen LogP contribution is -2.27. The number of ether oxygens (including phenoxy) is 2. The van der Waals surface area contributed by atoms with E-state index >= 15 is 0 Å². The number of halogens is 5. The van der Waals surface area contributed by atoms with Gasteiger partial charge < -0.3 is 19.7 Å². The van der Waals surface area contributed by atoms with Crippen molar-refractivity contribution in [2.24, 2.45) is 0 Å². The molecule has 0 bridgehead atoms. The van der Waals surface area contributed by atoms with Gasteiger partial charge in [0.1, 0.15) is 11.5 Å². The molecule has 0 aromatic heterocycles. The Labute approximate surface area is 254 Å². The predicted octanol–water partition coefficient (Wildman–Crippen LogP) is 7.52. The highest BCUT2D eigenvalue weighted by Gasteiger charge is 2.14. The average molecular weight is 819 g/mol. The normalized spacial score (nSPS) is 11.0. The highest BCUT2D eigenvalue weighted by Crippen LogP contribution is 2.40. The summed E-state index contributed by atoms with van der Waals surface area (Å²) >= 11 is 17.6. The maximum absolute atomic E-state index is 12.3. The van der Waals surface area contributed by atoms with Crippen molar-refractivity contribution in [1.82, 2.24) is 10.2 Å². The number of hydrogen-bond acceptors (Lipinski definition) is 4. The number of hydrogen-bond donors (Lipinski definition) is 1. The molecule has 2 aromatic carbocycles. The van der Waals surface area contributed by atoms with Crippen LogP contribution >= 0.6 is 79.6 Å². The van der Waals surface area contributed by atoms with E-state index in [-0.39, 0.29) is 11.8 Å². The molecule has 0 fully saturated rings. The third kappa shape index (κ3) is 9.15. The lowest BCUT2D eigenvalue weighted by Gasteiger charge is -2.17. The maximum Gasteiger partial charge on any atom is 0.244 e. The topological polar surface area (TPSA) is 67.9 Å². The summed E-state index contributed by atoms with van der Waals surface area (Å²) in [5.74, 6) is 1.29. The van der Waals surface area contributed by atoms with Gasteiger partial charge in [-0.25, -0.2) is 0 Å². The Morgan fingerprint density at radius 1 is 1.00 bits per heavy atom. The van der Waals surface area contributed by atoms with Crippen LogP contribution < -0.4 is 14.8 Å². The first-order valence-electron chi connectivity index (χ1n) is 11.1. The Bertz CT molecular complexity index is 1100. The zero-order valence-corrected chi connectivity index (χ0v) is 28.0. The van der Waals surface area contributed by atoms with Crippen LogP contribution in [0.25, 0.3) is 6.08 Å². The van der Waals surface area contributed by atoms with Gasteiger partial charge in [-0.15, -0.1) is 0 Å². The molecule has 1 N–H and O–H groups in total. The second kappa shape index (κ2) is 15.5. The van der Waals surface area contributed by atoms with Crippen LogP contribution in [0.3, 0.4) is 0 Å². The van der Waals surface area contributed by atoms with Gasteiger partial charge in [0, 0.05) is 42.7 Å². The molecule has 2 rings (SSSR count). The van der Waals surface area contributed by atoms with Crippen molar-refractivity contribution in [1.29, 1.82) is 0 Å². The first-order valence-corrected chi connectivity index (χ1v) is 15.1. The summed E-state index contributed by atoms with van der Waals surface area (Å²) in [7, 11) is 3.40. The zero-order valence-electron chi connectivity index (χ0n) is 20.1. The molecule has 2 aromatic rings. The summed E-state index contributed by atoms with van der Waals surface area (Å²) in [5, 5.41) is 2.87. The van der Waals surface area contributed by atoms with E-state index in [4.69, 9.17) is 9.47 Å². The van der Waals surface area contributed by atoms with Crippen LogP contribution in [0.5, 0.6) is 11.5 Å². The van der Waals surface area contributed by atoms with Gasteiger partial charge >= 0.3 is 0 Å². The van der Waals surface area contributed by atoms with E-state index in [0.29, 0.717) is 44.0 Å². The lowest BCUT2D eigenvalue weighted by atomic mass is 10.1. The van der Waals surface area contributed by atoms with Crippen LogP contribution in [0.1, 0.15) is 30.9 Å². The number of carbonyl (C=O) groups excluding carboxylic acids is 2. The summed E-state index contributed by atoms with van der Waals surface area (Å²) in [5.41, 5.74) is 1.90. The first-order chi connectivity index (χ1) is 17.1. The molecule has 11 heteroatoms. The predicted molar refractivity (Wildman–Crippen MR) is 162 cm³/mol. The highest BCUT2D eigenvalue weighted by atomic mass is 79.9. The second-order valence-electron chi connectivity index (χ2n) is 7.73. The highest BCUT2D eigenvalue weighted by molar-refractivity contribution is 9.12. The fraction of sp³-hybridized carbons (Fsp3) is 0.360. The van der Waals surface area contributed by atoms with Crippen LogP contribution in [0.15, 0.2) is 46.6 Å². The fourth-order valence-corrected chi connectivity index (χ4v) is 7.41. The molecule has 0 radical (unpaired) electrons. The van der Waals surface area contributed by atoms with E-state index in [1.54, 1.807) is 18.1 Å². The SMILES string of the molecule is CCC(=O)N(C)CCc1cc(Br)c(OCCCNC(=O)/C=C/c2c(Br)cc(Br)c(OC)c2Br)c(Br)c1. The molecule has 196 valence electrons. The molecule has 0 saturated carbocycles. The van der Waals surface area contributed by atoms with Crippen LogP contribution in [0, 0.1) is 0 Å². The van der Waals surface area contributed by atoms with Gasteiger partial charge in [-0.1, -0.05) is 22.9 Å². The summed E-state index contributed by atoms with van der Waals surface area (Å²) < 4.78 is 15.3. The summed E-state index contributed by atoms with van der Waals surface area (Å²) in [6, 6.07) is 5.88. The minimum atomic E-state index is -0.200. The number of carbonyl (C=O) groups is 2. The molecule has 0 spiro atoms. The van der Waals surface area contributed by atoms with Crippen molar-refractivity contribution in [3.05, 3.63) is 57.8 Å². The third-order valence-corrected chi connectivity index (χ3v) is 8.37. The van der Waals surface area contributed by atoms with Crippen molar-refractivity contribution in [2.75, 3.05) is 33.9 Å². The quantitative estimate of drug-likeness (QED) is 0.178. The number of benzene rings is 2. The number of rotatable bonds is 12. The first kappa shape index (κ1) is 31.3. The van der Waals surface area contributed by atoms with Crippen LogP contribution in [0.2, 0.25) is 0 Å². The van der Waals surface area contributed by atoms with E-state index in [9.17, 15) is 9.59 Å². The van der Waals surface area contributed by atoms with E-state index in [0.717, 1.165) is 39.9 Å². The van der Waals surface area contributed by atoms with E-state index in [2.05, 4.69) is 85.0 Å². The van der Waals surface area contributed by atoms with Gasteiger partial charge in [-0.3, -0.25) is 9.59 Å². The van der Waals surface area contributed by atoms with E-state index in [1.165, 1.54) is 6.08 Å². The zero-order chi connectivity index (χ0) is 26.8. The molecule has 6 nitrogen and oxygen atoms in total. The standard InChI is InChI=1S/C25H27Br5N2O4/c1-4-22(34)32(2)10-8-15-12-18(27)24(19(28)13-15)36-11-5-9-31-21(33)7-6-16-17(26)14-20(29)25(35-3)23(16)30/h6-7,12-14H,4-5,8-11H2,1-3H3,(H,31,33)/b7-6+. The van der Waals surface area contributed by atoms with Gasteiger partial charge in [-0.05, 0) is 106 Å². The molecule has 0 unspecified atom stereocenters. The minimum Gasteiger partial charge on any atom is -0.494 e. The van der Waals surface area contributed by atoms with Gasteiger partial charge in [0.05, 0.1) is 31.6 Å². The summed E-state index contributed by atoms with van der Waals surface area (Å²) in [4.78, 5) is 25.7. The van der Waals surface area contributed by atoms with Crippen molar-refractivity contribution in [3.63, 3.8) is 0 Å². The molecular formula is C25H27Br5N2O4. The Hall–Kier alpha value is -0.880. The Balaban J connectivity index is 1.83. The molecule has 0 aliphatic carbocycles. The van der Waals surface area contributed by atoms with Crippen molar-refractivity contribution < 1.29 is 19.1 Å². The van der Waals surface area contributed by atoms with E-state index in [1.807, 2.05) is 32.2 Å². The molecule has 36 heavy (non-hydrogen) atoms. The Kier molecular flexibility index (Phi) is 13.5. The maximum atomic E-state index is 12.3. The second-order valence-corrected chi connectivity index (χ2v) is 11.9. The largest absolute Gasteiger partial charge is 0.494 e. The third-order valence-electron chi connectivity index (χ3n) is 5.16. The molecule has 0 heterocycles. The monoisotopic (exact) mass is 814 g/mol. The molecule has 0 aliphatic heterocycles. The van der Waals surface area contributed by atoms with Gasteiger partial charge in [0.15, 0.2) is 0 Å². The van der Waals surface area contributed by atoms with Crippen molar-refractivity contribution in [2.45, 2.75) is 26.2 Å². The number of amides is 2. The van der Waals surface area contributed by atoms with Crippen LogP contribution in [0.4, 0.5) is 0 Å². The number of nitrogens with zero attached hydrogens (tertiary/aromatic N) is 1. The van der Waals surface area contributed by atoms with E-state index < -0.39 is 0 Å². The smallest absolute Gasteiger partial charge is 0.244 e. The Morgan fingerprint density at radius 3 is 2.25 bits per heavy atom. The molecule has 0 saturated heterocycles. The van der Waals surface area contributed by atoms with Gasteiger partial charge in [-0.2, -0.15) is 0 Å². The van der Waals surface area contributed by atoms with Crippen LogP contribution in [-0.4, -0.2) is 50.6 Å². The Morgan fingerprint density at radius 2 is 1.64 bits per heavy atom. The van der Waals surface area contributed by atoms with Crippen molar-refractivity contribution >= 4 is 97.5 Å². The van der Waals surface area contributed by atoms with Crippen molar-refractivity contribution in [3.8, 4) is 11.5 Å². The summed E-state index contributed by atoms with van der Waals surface area (Å²) in [6.07, 6.45) is 5.10. The summed E-state index contributed by atoms with van der Waals surface area (Å²) in [6.45, 7) is 3.43. The molecule has 0 atom stereocenters. The molecule has 0 aliphatic rings. The average Bonchev–Trinajstić information content (AvgIpc) is 2.83. The number of likely N-dealkylation sites (N-methyl/N-ethyl adjacent to an activating group) is 1. The van der Waals surface area contributed by atoms with Gasteiger partial charge in [0.2, 0.25) is 11.8 Å².